The number of carbonyl (C=O) groups excluding carboxylic acids is 2. The van der Waals surface area contributed by atoms with Crippen molar-refractivity contribution in [1.82, 2.24) is 9.80 Å². The number of ether oxygens (including phenoxy) is 3. The lowest BCUT2D eigenvalue weighted by atomic mass is 9.92. The van der Waals surface area contributed by atoms with Crippen molar-refractivity contribution in [3.8, 4) is 11.5 Å². The maximum absolute atomic E-state index is 13.5. The molecule has 1 saturated heterocycles. The summed E-state index contributed by atoms with van der Waals surface area (Å²) in [7, 11) is 3.01. The van der Waals surface area contributed by atoms with E-state index >= 15 is 0 Å². The molecule has 4 rings (SSSR count). The van der Waals surface area contributed by atoms with Crippen LogP contribution in [0.15, 0.2) is 53.8 Å². The van der Waals surface area contributed by atoms with Gasteiger partial charge in [0.05, 0.1) is 39.0 Å². The van der Waals surface area contributed by atoms with Gasteiger partial charge in [0.15, 0.2) is 11.5 Å². The summed E-state index contributed by atoms with van der Waals surface area (Å²) in [5.74, 6) is -1.32. The first kappa shape index (κ1) is 24.7. The summed E-state index contributed by atoms with van der Waals surface area (Å²) in [5.41, 5.74) is 0.614. The minimum absolute atomic E-state index is 0.0699. The minimum Gasteiger partial charge on any atom is -0.503 e. The van der Waals surface area contributed by atoms with Crippen molar-refractivity contribution in [2.45, 2.75) is 12.5 Å². The summed E-state index contributed by atoms with van der Waals surface area (Å²) < 4.78 is 29.8. The van der Waals surface area contributed by atoms with Crippen LogP contribution in [0.4, 0.5) is 4.39 Å². The topological polar surface area (TPSA) is 88.5 Å². The molecule has 186 valence electrons. The number of carbonyl (C=O) groups is 2. The Hall–Kier alpha value is -3.43. The van der Waals surface area contributed by atoms with Crippen LogP contribution < -0.4 is 9.47 Å². The number of amides is 1. The molecule has 1 unspecified atom stereocenters. The van der Waals surface area contributed by atoms with Crippen LogP contribution in [0.1, 0.15) is 28.4 Å². The van der Waals surface area contributed by atoms with Crippen molar-refractivity contribution in [2.24, 2.45) is 0 Å². The van der Waals surface area contributed by atoms with Crippen LogP contribution >= 0.6 is 0 Å². The first-order valence-electron chi connectivity index (χ1n) is 11.5. The highest BCUT2D eigenvalue weighted by Crippen LogP contribution is 2.43. The summed E-state index contributed by atoms with van der Waals surface area (Å²) in [6.07, 6.45) is 0.639. The number of methoxy groups -OCH3 is 2. The molecule has 2 aromatic carbocycles. The second-order valence-corrected chi connectivity index (χ2v) is 8.41. The Balaban J connectivity index is 1.70. The average Bonchev–Trinajstić information content (AvgIpc) is 3.14. The number of hydrogen-bond acceptors (Lipinski definition) is 7. The fourth-order valence-electron chi connectivity index (χ4n) is 4.54. The standard InChI is InChI=1S/C26H29FN2O6/c1-33-19-8-9-21(34-2)20(16-19)23-22(24(30)17-4-6-18(27)7-5-17)25(31)26(32)29(23)11-3-10-28-12-14-35-15-13-28/h4-9,16,23,31H,3,10-15H2,1-2H3. The van der Waals surface area contributed by atoms with Crippen LogP contribution in [0.25, 0.3) is 0 Å². The molecule has 2 aliphatic heterocycles. The lowest BCUT2D eigenvalue weighted by molar-refractivity contribution is -0.129. The lowest BCUT2D eigenvalue weighted by Gasteiger charge is -2.30. The van der Waals surface area contributed by atoms with Gasteiger partial charge in [-0.15, -0.1) is 0 Å². The average molecular weight is 485 g/mol. The van der Waals surface area contributed by atoms with Crippen LogP contribution in [0.3, 0.4) is 0 Å². The molecule has 0 spiro atoms. The maximum atomic E-state index is 13.5. The number of rotatable bonds is 9. The van der Waals surface area contributed by atoms with Crippen LogP contribution in [0.2, 0.25) is 0 Å². The highest BCUT2D eigenvalue weighted by molar-refractivity contribution is 6.16. The second-order valence-electron chi connectivity index (χ2n) is 8.41. The quantitative estimate of drug-likeness (QED) is 0.547. The van der Waals surface area contributed by atoms with Gasteiger partial charge in [-0.3, -0.25) is 14.5 Å². The van der Waals surface area contributed by atoms with Gasteiger partial charge >= 0.3 is 0 Å². The number of halogens is 1. The lowest BCUT2D eigenvalue weighted by Crippen LogP contribution is -2.39. The van der Waals surface area contributed by atoms with Crippen molar-refractivity contribution in [3.63, 3.8) is 0 Å². The van der Waals surface area contributed by atoms with Gasteiger partial charge in [0.2, 0.25) is 0 Å². The van der Waals surface area contributed by atoms with Crippen molar-refractivity contribution < 1.29 is 33.3 Å². The SMILES string of the molecule is COc1ccc(OC)c(C2C(C(=O)c3ccc(F)cc3)=C(O)C(=O)N2CCCN2CCOCC2)c1. The molecule has 1 N–H and O–H groups in total. The molecule has 0 aliphatic carbocycles. The molecular weight excluding hydrogens is 455 g/mol. The molecule has 35 heavy (non-hydrogen) atoms. The number of nitrogens with zero attached hydrogens (tertiary/aromatic N) is 2. The molecule has 9 heteroatoms. The molecular formula is C26H29FN2O6. The molecule has 0 bridgehead atoms. The zero-order valence-electron chi connectivity index (χ0n) is 19.8. The smallest absolute Gasteiger partial charge is 0.290 e. The molecule has 0 radical (unpaired) electrons. The van der Waals surface area contributed by atoms with Gasteiger partial charge in [-0.2, -0.15) is 0 Å². The molecule has 8 nitrogen and oxygen atoms in total. The van der Waals surface area contributed by atoms with Crippen LogP contribution in [0, 0.1) is 5.82 Å². The van der Waals surface area contributed by atoms with Gasteiger partial charge in [-0.25, -0.2) is 4.39 Å². The summed E-state index contributed by atoms with van der Waals surface area (Å²) in [5, 5.41) is 10.9. The Kier molecular flexibility index (Phi) is 7.67. The van der Waals surface area contributed by atoms with E-state index in [1.807, 2.05) is 0 Å². The number of Topliss-reactive ketones (excluding diaryl/α,β-unsaturated/α-hetero) is 1. The third-order valence-corrected chi connectivity index (χ3v) is 6.36. The fourth-order valence-corrected chi connectivity index (χ4v) is 4.54. The molecule has 1 atom stereocenters. The molecule has 2 aliphatic rings. The number of hydrogen-bond donors (Lipinski definition) is 1. The Morgan fingerprint density at radius 3 is 2.46 bits per heavy atom. The Morgan fingerprint density at radius 2 is 1.80 bits per heavy atom. The largest absolute Gasteiger partial charge is 0.503 e. The summed E-state index contributed by atoms with van der Waals surface area (Å²) >= 11 is 0. The number of benzene rings is 2. The zero-order valence-corrected chi connectivity index (χ0v) is 19.8. The highest BCUT2D eigenvalue weighted by Gasteiger charge is 2.44. The van der Waals surface area contributed by atoms with E-state index in [0.29, 0.717) is 43.2 Å². The van der Waals surface area contributed by atoms with E-state index in [0.717, 1.165) is 19.6 Å². The van der Waals surface area contributed by atoms with Crippen molar-refractivity contribution >= 4 is 11.7 Å². The highest BCUT2D eigenvalue weighted by atomic mass is 19.1. The Morgan fingerprint density at radius 1 is 1.09 bits per heavy atom. The first-order valence-corrected chi connectivity index (χ1v) is 11.5. The van der Waals surface area contributed by atoms with Crippen molar-refractivity contribution in [2.75, 3.05) is 53.6 Å². The van der Waals surface area contributed by atoms with E-state index in [9.17, 15) is 19.1 Å². The van der Waals surface area contributed by atoms with Gasteiger partial charge in [-0.05, 0) is 48.9 Å². The van der Waals surface area contributed by atoms with Crippen molar-refractivity contribution in [1.29, 1.82) is 0 Å². The summed E-state index contributed by atoms with van der Waals surface area (Å²) in [6.45, 7) is 4.04. The van der Waals surface area contributed by atoms with E-state index in [2.05, 4.69) is 4.90 Å². The zero-order chi connectivity index (χ0) is 24.9. The monoisotopic (exact) mass is 484 g/mol. The van der Waals surface area contributed by atoms with Gasteiger partial charge in [0.1, 0.15) is 17.3 Å². The van der Waals surface area contributed by atoms with E-state index in [1.165, 1.54) is 43.4 Å². The molecule has 2 aromatic rings. The second kappa shape index (κ2) is 10.9. The third-order valence-electron chi connectivity index (χ3n) is 6.36. The van der Waals surface area contributed by atoms with Gasteiger partial charge in [0, 0.05) is 37.3 Å². The normalized spacial score (nSPS) is 18.8. The maximum Gasteiger partial charge on any atom is 0.290 e. The van der Waals surface area contributed by atoms with E-state index in [1.54, 1.807) is 18.2 Å². The fraction of sp³-hybridized carbons (Fsp3) is 0.385. The van der Waals surface area contributed by atoms with E-state index in [4.69, 9.17) is 14.2 Å². The Labute approximate surface area is 203 Å². The van der Waals surface area contributed by atoms with Crippen LogP contribution in [-0.4, -0.2) is 80.2 Å². The number of aliphatic hydroxyl groups excluding tert-OH is 1. The number of ketones is 1. The van der Waals surface area contributed by atoms with Gasteiger partial charge in [0.25, 0.3) is 5.91 Å². The minimum atomic E-state index is -0.894. The van der Waals surface area contributed by atoms with Gasteiger partial charge in [-0.1, -0.05) is 0 Å². The van der Waals surface area contributed by atoms with Crippen molar-refractivity contribution in [3.05, 3.63) is 70.7 Å². The molecule has 0 aromatic heterocycles. The van der Waals surface area contributed by atoms with Crippen LogP contribution in [0.5, 0.6) is 11.5 Å². The predicted octanol–water partition coefficient (Wildman–Crippen LogP) is 3.14. The number of aliphatic hydroxyl groups is 1. The summed E-state index contributed by atoms with van der Waals surface area (Å²) in [6, 6.07) is 9.22. The summed E-state index contributed by atoms with van der Waals surface area (Å²) in [4.78, 5) is 30.5. The van der Waals surface area contributed by atoms with Crippen LogP contribution in [-0.2, 0) is 9.53 Å². The molecule has 1 amide bonds. The number of morpholine rings is 1. The van der Waals surface area contributed by atoms with E-state index in [-0.39, 0.29) is 11.1 Å². The Bertz CT molecular complexity index is 1110. The molecule has 2 heterocycles. The molecule has 0 saturated carbocycles. The van der Waals surface area contributed by atoms with Gasteiger partial charge < -0.3 is 24.2 Å². The first-order chi connectivity index (χ1) is 16.9. The van der Waals surface area contributed by atoms with E-state index < -0.39 is 29.3 Å². The third kappa shape index (κ3) is 5.16. The predicted molar refractivity (Wildman–Crippen MR) is 126 cm³/mol. The molecule has 1 fully saturated rings.